The molecule has 0 bridgehead atoms. The van der Waals surface area contributed by atoms with Gasteiger partial charge >= 0.3 is 0 Å². The van der Waals surface area contributed by atoms with E-state index in [0.717, 1.165) is 56.9 Å². The molecule has 0 radical (unpaired) electrons. The van der Waals surface area contributed by atoms with Crippen LogP contribution in [-0.2, 0) is 6.54 Å². The molecule has 0 saturated carbocycles. The van der Waals surface area contributed by atoms with E-state index in [1.807, 2.05) is 0 Å². The number of hydrogen-bond acceptors (Lipinski definition) is 2. The third-order valence-electron chi connectivity index (χ3n) is 13.3. The lowest BCUT2D eigenvalue weighted by Gasteiger charge is -2.14. The molecule has 3 heteroatoms. The van der Waals surface area contributed by atoms with Gasteiger partial charge in [-0.3, -0.25) is 0 Å². The fourth-order valence-electron chi connectivity index (χ4n) is 9.19. The lowest BCUT2D eigenvalue weighted by atomic mass is 9.98. The fourth-order valence-corrected chi connectivity index (χ4v) is 9.19. The molecular formula is C62H75NO2. The minimum atomic E-state index is 0.631. The largest absolute Gasteiger partial charge is 0.494 e. The van der Waals surface area contributed by atoms with Gasteiger partial charge in [-0.05, 0) is 133 Å². The third kappa shape index (κ3) is 13.5. The first-order chi connectivity index (χ1) is 31.9. The second kappa shape index (κ2) is 24.7. The van der Waals surface area contributed by atoms with Gasteiger partial charge in [0.2, 0.25) is 0 Å². The number of unbranched alkanes of at least 4 members (excludes halogenated alkanes) is 10. The van der Waals surface area contributed by atoms with Crippen LogP contribution >= 0.6 is 0 Å². The topological polar surface area (TPSA) is 23.4 Å². The Kier molecular flexibility index (Phi) is 18.0. The summed E-state index contributed by atoms with van der Waals surface area (Å²) < 4.78 is 14.7. The summed E-state index contributed by atoms with van der Waals surface area (Å²) in [5.41, 5.74) is 13.8. The average Bonchev–Trinajstić information content (AvgIpc) is 3.65. The average molecular weight is 866 g/mol. The van der Waals surface area contributed by atoms with Gasteiger partial charge in [0.25, 0.3) is 0 Å². The molecule has 0 amide bonds. The second-order valence-electron chi connectivity index (χ2n) is 18.8. The Morgan fingerprint density at radius 2 is 0.800 bits per heavy atom. The monoisotopic (exact) mass is 866 g/mol. The number of aryl methyl sites for hydroxylation is 1. The van der Waals surface area contributed by atoms with Gasteiger partial charge in [-0.1, -0.05) is 194 Å². The van der Waals surface area contributed by atoms with Gasteiger partial charge in [-0.15, -0.1) is 0 Å². The molecule has 7 aromatic rings. The van der Waals surface area contributed by atoms with Crippen molar-refractivity contribution < 1.29 is 9.47 Å². The van der Waals surface area contributed by atoms with Crippen LogP contribution in [0.5, 0.6) is 11.5 Å². The molecule has 0 fully saturated rings. The van der Waals surface area contributed by atoms with E-state index in [-0.39, 0.29) is 0 Å². The molecule has 0 aliphatic rings. The molecule has 0 N–H and O–H groups in total. The first-order valence-electron chi connectivity index (χ1n) is 25.3. The van der Waals surface area contributed by atoms with Gasteiger partial charge in [0.1, 0.15) is 11.5 Å². The van der Waals surface area contributed by atoms with E-state index >= 15 is 0 Å². The quantitative estimate of drug-likeness (QED) is 0.0400. The summed E-state index contributed by atoms with van der Waals surface area (Å²) >= 11 is 0. The second-order valence-corrected chi connectivity index (χ2v) is 18.8. The van der Waals surface area contributed by atoms with Crippen molar-refractivity contribution in [3.05, 3.63) is 145 Å². The molecule has 340 valence electrons. The molecule has 1 atom stereocenters. The minimum Gasteiger partial charge on any atom is -0.494 e. The van der Waals surface area contributed by atoms with E-state index in [4.69, 9.17) is 9.47 Å². The van der Waals surface area contributed by atoms with Crippen LogP contribution in [0.25, 0.3) is 66.3 Å². The molecule has 7 rings (SSSR count). The predicted octanol–water partition coefficient (Wildman–Crippen LogP) is 18.7. The Hall–Kier alpha value is -5.54. The zero-order valence-electron chi connectivity index (χ0n) is 40.3. The summed E-state index contributed by atoms with van der Waals surface area (Å²) in [6.07, 6.45) is 21.2. The Morgan fingerprint density at radius 3 is 1.20 bits per heavy atom. The van der Waals surface area contributed by atoms with Crippen molar-refractivity contribution in [3.63, 3.8) is 0 Å². The third-order valence-corrected chi connectivity index (χ3v) is 13.3. The molecule has 1 unspecified atom stereocenters. The number of fused-ring (bicyclic) bond motifs is 3. The normalized spacial score (nSPS) is 11.9. The summed E-state index contributed by atoms with van der Waals surface area (Å²) in [6.45, 7) is 13.9. The Bertz CT molecular complexity index is 2360. The number of allylic oxidation sites excluding steroid dienone is 2. The molecule has 0 saturated heterocycles. The predicted molar refractivity (Wildman–Crippen MR) is 281 cm³/mol. The van der Waals surface area contributed by atoms with Gasteiger partial charge in [-0.25, -0.2) is 0 Å². The van der Waals surface area contributed by atoms with Gasteiger partial charge in [0, 0.05) is 28.4 Å². The minimum absolute atomic E-state index is 0.631. The first-order valence-corrected chi connectivity index (χ1v) is 25.3. The van der Waals surface area contributed by atoms with Crippen LogP contribution in [0.1, 0.15) is 131 Å². The number of nitrogens with zero attached hydrogens (tertiary/aromatic N) is 1. The maximum absolute atomic E-state index is 6.07. The Balaban J connectivity index is 1.07. The van der Waals surface area contributed by atoms with E-state index in [2.05, 4.69) is 179 Å². The number of benzene rings is 6. The summed E-state index contributed by atoms with van der Waals surface area (Å²) in [5, 5.41) is 2.63. The fraction of sp³-hybridized carbons (Fsp3) is 0.387. The van der Waals surface area contributed by atoms with Crippen molar-refractivity contribution in [2.24, 2.45) is 5.92 Å². The van der Waals surface area contributed by atoms with E-state index in [9.17, 15) is 0 Å². The van der Waals surface area contributed by atoms with E-state index < -0.39 is 0 Å². The van der Waals surface area contributed by atoms with Crippen LogP contribution in [-0.4, -0.2) is 17.8 Å². The van der Waals surface area contributed by atoms with Crippen LogP contribution in [0.4, 0.5) is 0 Å². The number of ether oxygens (including phenoxy) is 2. The number of hydrogen-bond donors (Lipinski definition) is 0. The van der Waals surface area contributed by atoms with Crippen LogP contribution in [0, 0.1) is 5.92 Å². The highest BCUT2D eigenvalue weighted by atomic mass is 16.5. The molecule has 1 heterocycles. The van der Waals surface area contributed by atoms with Crippen LogP contribution in [0.15, 0.2) is 145 Å². The smallest absolute Gasteiger partial charge is 0.119 e. The Labute approximate surface area is 391 Å². The van der Waals surface area contributed by atoms with Crippen LogP contribution in [0.3, 0.4) is 0 Å². The van der Waals surface area contributed by atoms with E-state index in [1.165, 1.54) is 143 Å². The zero-order chi connectivity index (χ0) is 45.2. The summed E-state index contributed by atoms with van der Waals surface area (Å²) in [6, 6.07) is 49.5. The van der Waals surface area contributed by atoms with E-state index in [0.29, 0.717) is 5.92 Å². The summed E-state index contributed by atoms with van der Waals surface area (Å²) in [7, 11) is 0. The molecule has 0 aliphatic carbocycles. The molecular weight excluding hydrogens is 791 g/mol. The molecule has 3 nitrogen and oxygen atoms in total. The zero-order valence-corrected chi connectivity index (χ0v) is 40.3. The van der Waals surface area contributed by atoms with Crippen molar-refractivity contribution >= 4 is 21.8 Å². The lowest BCUT2D eigenvalue weighted by molar-refractivity contribution is 0.304. The number of rotatable bonds is 26. The van der Waals surface area contributed by atoms with E-state index in [1.54, 1.807) is 0 Å². The van der Waals surface area contributed by atoms with Gasteiger partial charge in [0.15, 0.2) is 0 Å². The lowest BCUT2D eigenvalue weighted by Crippen LogP contribution is -2.04. The maximum atomic E-state index is 6.07. The molecule has 0 aliphatic heterocycles. The van der Waals surface area contributed by atoms with Crippen molar-refractivity contribution in [3.8, 4) is 56.0 Å². The van der Waals surface area contributed by atoms with Crippen LogP contribution in [0.2, 0.25) is 0 Å². The van der Waals surface area contributed by atoms with Crippen molar-refractivity contribution in [1.29, 1.82) is 0 Å². The standard InChI is InChI=1S/C62H75NO2/c1-6-8-10-12-14-16-43-64-57-35-29-51(30-36-57)49-21-25-53(26-22-49)55-33-39-59-60-40-34-56(46-62(60)63(61(59)45-55)42-41-48(5)20-18-19-47(3)4)54-27-23-50(24-28-54)52-31-37-58(38-32-52)65-44-17-15-13-11-9-7-2/h19,21-40,45-46,48H,6-18,20,41-44H2,1-5H3. The highest BCUT2D eigenvalue weighted by molar-refractivity contribution is 6.10. The summed E-state index contributed by atoms with van der Waals surface area (Å²) in [4.78, 5) is 0. The van der Waals surface area contributed by atoms with Crippen molar-refractivity contribution in [2.75, 3.05) is 13.2 Å². The van der Waals surface area contributed by atoms with Crippen molar-refractivity contribution in [1.82, 2.24) is 4.57 Å². The van der Waals surface area contributed by atoms with Crippen LogP contribution < -0.4 is 9.47 Å². The highest BCUT2D eigenvalue weighted by Crippen LogP contribution is 2.37. The maximum Gasteiger partial charge on any atom is 0.119 e. The first kappa shape index (κ1) is 47.4. The van der Waals surface area contributed by atoms with Crippen molar-refractivity contribution in [2.45, 2.75) is 137 Å². The van der Waals surface area contributed by atoms with Gasteiger partial charge < -0.3 is 14.0 Å². The number of aromatic nitrogens is 1. The molecule has 0 spiro atoms. The van der Waals surface area contributed by atoms with Gasteiger partial charge in [0.05, 0.1) is 13.2 Å². The SMILES string of the molecule is CCCCCCCCOc1ccc(-c2ccc(-c3ccc4c5ccc(-c6ccc(-c7ccc(OCCCCCCCC)cc7)cc6)cc5n(CCC(C)CCC=C(C)C)c4c3)cc2)cc1. The molecule has 65 heavy (non-hydrogen) atoms. The molecule has 6 aromatic carbocycles. The molecule has 1 aromatic heterocycles. The Morgan fingerprint density at radius 1 is 0.446 bits per heavy atom. The van der Waals surface area contributed by atoms with Gasteiger partial charge in [-0.2, -0.15) is 0 Å². The highest BCUT2D eigenvalue weighted by Gasteiger charge is 2.15. The summed E-state index contributed by atoms with van der Waals surface area (Å²) in [5.74, 6) is 2.54.